The van der Waals surface area contributed by atoms with Gasteiger partial charge in [-0.25, -0.2) is 9.48 Å². The van der Waals surface area contributed by atoms with Crippen LogP contribution in [-0.2, 0) is 17.8 Å². The number of nitrogens with zero attached hydrogens (tertiary/aromatic N) is 3. The molecule has 1 unspecified atom stereocenters. The number of aryl methyl sites for hydroxylation is 1. The molecule has 1 aromatic heterocycles. The maximum Gasteiger partial charge on any atom is 0.315 e. The van der Waals surface area contributed by atoms with Gasteiger partial charge in [-0.05, 0) is 26.2 Å². The molecule has 1 aromatic rings. The summed E-state index contributed by atoms with van der Waals surface area (Å²) in [6.07, 6.45) is 7.39. The van der Waals surface area contributed by atoms with E-state index >= 15 is 0 Å². The van der Waals surface area contributed by atoms with Gasteiger partial charge in [0.1, 0.15) is 0 Å². The molecule has 2 amide bonds. The van der Waals surface area contributed by atoms with E-state index < -0.39 is 0 Å². The molecule has 1 spiro atoms. The van der Waals surface area contributed by atoms with Gasteiger partial charge in [-0.3, -0.25) is 0 Å². The van der Waals surface area contributed by atoms with Crippen LogP contribution in [0.1, 0.15) is 44.7 Å². The Labute approximate surface area is 130 Å². The zero-order valence-corrected chi connectivity index (χ0v) is 13.2. The van der Waals surface area contributed by atoms with Gasteiger partial charge in [0.15, 0.2) is 0 Å². The molecule has 122 valence electrons. The molecule has 3 rings (SSSR count). The lowest BCUT2D eigenvalue weighted by Crippen LogP contribution is -2.54. The zero-order chi connectivity index (χ0) is 15.4. The number of ether oxygens (including phenoxy) is 1. The highest BCUT2D eigenvalue weighted by molar-refractivity contribution is 5.74. The van der Waals surface area contributed by atoms with Crippen molar-refractivity contribution in [2.75, 3.05) is 13.2 Å². The molecule has 1 aliphatic heterocycles. The molecular formula is C15H25N5O2. The Bertz CT molecular complexity index is 510. The summed E-state index contributed by atoms with van der Waals surface area (Å²) in [5, 5.41) is 13.9. The van der Waals surface area contributed by atoms with Crippen LogP contribution in [0.15, 0.2) is 6.20 Å². The lowest BCUT2D eigenvalue weighted by Gasteiger charge is -2.41. The van der Waals surface area contributed by atoms with Gasteiger partial charge in [0, 0.05) is 24.6 Å². The summed E-state index contributed by atoms with van der Waals surface area (Å²) < 4.78 is 7.46. The van der Waals surface area contributed by atoms with Crippen molar-refractivity contribution in [2.24, 2.45) is 5.41 Å². The third kappa shape index (κ3) is 3.09. The number of hydrogen-bond acceptors (Lipinski definition) is 4. The molecule has 0 bridgehead atoms. The lowest BCUT2D eigenvalue weighted by molar-refractivity contribution is -0.0264. The second kappa shape index (κ2) is 6.64. The molecule has 22 heavy (non-hydrogen) atoms. The maximum absolute atomic E-state index is 12.2. The summed E-state index contributed by atoms with van der Waals surface area (Å²) in [6, 6.07) is 0.111. The molecule has 0 aromatic carbocycles. The topological polar surface area (TPSA) is 81.1 Å². The zero-order valence-electron chi connectivity index (χ0n) is 13.2. The van der Waals surface area contributed by atoms with Crippen molar-refractivity contribution in [1.29, 1.82) is 0 Å². The molecule has 1 atom stereocenters. The summed E-state index contributed by atoms with van der Waals surface area (Å²) in [4.78, 5) is 12.2. The number of carbonyl (C=O) groups excluding carboxylic acids is 1. The molecule has 1 aliphatic carbocycles. The summed E-state index contributed by atoms with van der Waals surface area (Å²) in [5.41, 5.74) is 1.07. The molecular weight excluding hydrogens is 282 g/mol. The van der Waals surface area contributed by atoms with Crippen LogP contribution in [0.25, 0.3) is 0 Å². The van der Waals surface area contributed by atoms with E-state index in [1.807, 2.05) is 6.92 Å². The summed E-state index contributed by atoms with van der Waals surface area (Å²) in [5.74, 6) is 0. The van der Waals surface area contributed by atoms with E-state index in [1.165, 1.54) is 12.8 Å². The van der Waals surface area contributed by atoms with Crippen molar-refractivity contribution in [1.82, 2.24) is 25.6 Å². The highest BCUT2D eigenvalue weighted by Crippen LogP contribution is 2.44. The SMILES string of the molecule is CCn1nncc1CNC(=O)NC1CCOCC12CCCC2. The minimum absolute atomic E-state index is 0.109. The first-order valence-electron chi connectivity index (χ1n) is 8.23. The Morgan fingerprint density at radius 1 is 1.50 bits per heavy atom. The standard InChI is InChI=1S/C15H25N5O2/c1-2-20-12(10-17-19-20)9-16-14(21)18-13-5-8-22-11-15(13)6-3-4-7-15/h10,13H,2-9,11H2,1H3,(H2,16,18,21). The van der Waals surface area contributed by atoms with E-state index in [4.69, 9.17) is 4.74 Å². The molecule has 7 nitrogen and oxygen atoms in total. The summed E-state index contributed by atoms with van der Waals surface area (Å²) in [7, 11) is 0. The minimum Gasteiger partial charge on any atom is -0.381 e. The van der Waals surface area contributed by atoms with E-state index in [2.05, 4.69) is 20.9 Å². The van der Waals surface area contributed by atoms with E-state index in [0.29, 0.717) is 6.54 Å². The van der Waals surface area contributed by atoms with Crippen molar-refractivity contribution in [2.45, 2.75) is 58.2 Å². The molecule has 0 radical (unpaired) electrons. The molecule has 2 aliphatic rings. The number of hydrogen-bond donors (Lipinski definition) is 2. The Morgan fingerprint density at radius 2 is 2.32 bits per heavy atom. The van der Waals surface area contributed by atoms with Crippen molar-refractivity contribution >= 4 is 6.03 Å². The minimum atomic E-state index is -0.109. The van der Waals surface area contributed by atoms with Gasteiger partial charge >= 0.3 is 6.03 Å². The Hall–Kier alpha value is -1.63. The van der Waals surface area contributed by atoms with Crippen LogP contribution in [0, 0.1) is 5.41 Å². The second-order valence-electron chi connectivity index (χ2n) is 6.33. The van der Waals surface area contributed by atoms with Gasteiger partial charge in [0.25, 0.3) is 0 Å². The molecule has 1 saturated heterocycles. The van der Waals surface area contributed by atoms with Gasteiger partial charge in [0.05, 0.1) is 25.0 Å². The van der Waals surface area contributed by atoms with Crippen LogP contribution in [0.5, 0.6) is 0 Å². The number of rotatable bonds is 4. The van der Waals surface area contributed by atoms with Gasteiger partial charge in [-0.1, -0.05) is 18.1 Å². The van der Waals surface area contributed by atoms with Gasteiger partial charge in [-0.15, -0.1) is 5.10 Å². The van der Waals surface area contributed by atoms with Crippen LogP contribution in [-0.4, -0.2) is 40.3 Å². The van der Waals surface area contributed by atoms with Crippen LogP contribution in [0.2, 0.25) is 0 Å². The first kappa shape index (κ1) is 15.3. The molecule has 1 saturated carbocycles. The average Bonchev–Trinajstić information content (AvgIpc) is 3.17. The largest absolute Gasteiger partial charge is 0.381 e. The highest BCUT2D eigenvalue weighted by Gasteiger charge is 2.44. The fraction of sp³-hybridized carbons (Fsp3) is 0.800. The van der Waals surface area contributed by atoms with Crippen LogP contribution in [0.3, 0.4) is 0 Å². The van der Waals surface area contributed by atoms with Crippen LogP contribution in [0.4, 0.5) is 4.79 Å². The van der Waals surface area contributed by atoms with Crippen molar-refractivity contribution in [3.63, 3.8) is 0 Å². The molecule has 2 N–H and O–H groups in total. The van der Waals surface area contributed by atoms with Crippen molar-refractivity contribution in [3.05, 3.63) is 11.9 Å². The lowest BCUT2D eigenvalue weighted by atomic mass is 9.76. The fourth-order valence-electron chi connectivity index (χ4n) is 3.74. The Morgan fingerprint density at radius 3 is 3.09 bits per heavy atom. The smallest absolute Gasteiger partial charge is 0.315 e. The van der Waals surface area contributed by atoms with E-state index in [1.54, 1.807) is 10.9 Å². The quantitative estimate of drug-likeness (QED) is 0.882. The fourth-order valence-corrected chi connectivity index (χ4v) is 3.74. The average molecular weight is 307 g/mol. The predicted octanol–water partition coefficient (Wildman–Crippen LogP) is 1.45. The number of carbonyl (C=O) groups is 1. The Balaban J connectivity index is 1.54. The highest BCUT2D eigenvalue weighted by atomic mass is 16.5. The normalized spacial score (nSPS) is 23.6. The Kier molecular flexibility index (Phi) is 4.61. The van der Waals surface area contributed by atoms with Crippen molar-refractivity contribution in [3.8, 4) is 0 Å². The number of urea groups is 1. The van der Waals surface area contributed by atoms with Gasteiger partial charge in [-0.2, -0.15) is 0 Å². The third-order valence-corrected chi connectivity index (χ3v) is 5.01. The summed E-state index contributed by atoms with van der Waals surface area (Å²) >= 11 is 0. The van der Waals surface area contributed by atoms with Gasteiger partial charge < -0.3 is 15.4 Å². The third-order valence-electron chi connectivity index (χ3n) is 5.01. The van der Waals surface area contributed by atoms with Gasteiger partial charge in [0.2, 0.25) is 0 Å². The van der Waals surface area contributed by atoms with Crippen LogP contribution >= 0.6 is 0 Å². The number of nitrogens with one attached hydrogen (secondary N) is 2. The first-order chi connectivity index (χ1) is 10.7. The van der Waals surface area contributed by atoms with E-state index in [9.17, 15) is 4.79 Å². The maximum atomic E-state index is 12.2. The first-order valence-corrected chi connectivity index (χ1v) is 8.23. The summed E-state index contributed by atoms with van der Waals surface area (Å²) in [6.45, 7) is 4.72. The second-order valence-corrected chi connectivity index (χ2v) is 6.33. The predicted molar refractivity (Wildman–Crippen MR) is 81.2 cm³/mol. The van der Waals surface area contributed by atoms with Crippen LogP contribution < -0.4 is 10.6 Å². The molecule has 2 heterocycles. The molecule has 7 heteroatoms. The van der Waals surface area contributed by atoms with E-state index in [-0.39, 0.29) is 17.5 Å². The van der Waals surface area contributed by atoms with E-state index in [0.717, 1.165) is 44.7 Å². The van der Waals surface area contributed by atoms with Crippen molar-refractivity contribution < 1.29 is 9.53 Å². The number of amides is 2. The molecule has 2 fully saturated rings. The monoisotopic (exact) mass is 307 g/mol. The number of aromatic nitrogens is 3.